The predicted molar refractivity (Wildman–Crippen MR) is 137 cm³/mol. The van der Waals surface area contributed by atoms with E-state index in [0.29, 0.717) is 6.04 Å². The van der Waals surface area contributed by atoms with E-state index in [2.05, 4.69) is 52.9 Å². The Morgan fingerprint density at radius 3 is 2.45 bits per heavy atom. The van der Waals surface area contributed by atoms with Crippen LogP contribution < -0.4 is 15.0 Å². The lowest BCUT2D eigenvalue weighted by molar-refractivity contribution is 0.345. The second-order valence-electron chi connectivity index (χ2n) is 9.18. The highest BCUT2D eigenvalue weighted by Crippen LogP contribution is 2.44. The first-order valence-electron chi connectivity index (χ1n) is 11.9. The van der Waals surface area contributed by atoms with E-state index in [1.54, 1.807) is 7.11 Å². The van der Waals surface area contributed by atoms with Crippen LogP contribution >= 0.6 is 12.2 Å². The highest BCUT2D eigenvalue weighted by Gasteiger charge is 2.42. The van der Waals surface area contributed by atoms with Crippen LogP contribution in [0.25, 0.3) is 0 Å². The molecule has 1 N–H and O–H groups in total. The van der Waals surface area contributed by atoms with E-state index in [0.717, 1.165) is 22.2 Å². The number of thiocarbonyl (C=S) groups is 1. The van der Waals surface area contributed by atoms with Crippen molar-refractivity contribution >= 4 is 23.0 Å². The average molecular weight is 461 g/mol. The second-order valence-corrected chi connectivity index (χ2v) is 9.57. The van der Waals surface area contributed by atoms with Gasteiger partial charge in [0.15, 0.2) is 5.11 Å². The van der Waals surface area contributed by atoms with E-state index in [-0.39, 0.29) is 12.1 Å². The molecule has 1 aliphatic carbocycles. The van der Waals surface area contributed by atoms with Crippen molar-refractivity contribution in [2.75, 3.05) is 12.0 Å². The molecular weight excluding hydrogens is 428 g/mol. The quantitative estimate of drug-likeness (QED) is 0.460. The fourth-order valence-electron chi connectivity index (χ4n) is 5.69. The molecule has 172 valence electrons. The van der Waals surface area contributed by atoms with Gasteiger partial charge in [-0.2, -0.15) is 0 Å². The van der Waals surface area contributed by atoms with E-state index in [4.69, 9.17) is 21.9 Å². The van der Waals surface area contributed by atoms with E-state index in [1.165, 1.54) is 49.1 Å². The van der Waals surface area contributed by atoms with Crippen LogP contribution in [0, 0.1) is 13.8 Å². The van der Waals surface area contributed by atoms with Crippen molar-refractivity contribution in [1.29, 1.82) is 0 Å². The third kappa shape index (κ3) is 4.01. The van der Waals surface area contributed by atoms with Gasteiger partial charge < -0.3 is 19.5 Å². The molecule has 0 radical (unpaired) electrons. The Hall–Kier alpha value is -2.86. The summed E-state index contributed by atoms with van der Waals surface area (Å²) in [6.07, 6.45) is 8.39. The lowest BCUT2D eigenvalue weighted by Gasteiger charge is -2.30. The van der Waals surface area contributed by atoms with E-state index >= 15 is 0 Å². The van der Waals surface area contributed by atoms with Gasteiger partial charge in [0.25, 0.3) is 0 Å². The number of ether oxygens (including phenoxy) is 1. The van der Waals surface area contributed by atoms with Gasteiger partial charge in [-0.3, -0.25) is 4.98 Å². The lowest BCUT2D eigenvalue weighted by atomic mass is 9.94. The second kappa shape index (κ2) is 9.18. The molecule has 2 fully saturated rings. The Morgan fingerprint density at radius 2 is 1.79 bits per heavy atom. The summed E-state index contributed by atoms with van der Waals surface area (Å²) in [7, 11) is 1.69. The van der Waals surface area contributed by atoms with Gasteiger partial charge in [-0.15, -0.1) is 0 Å². The van der Waals surface area contributed by atoms with Gasteiger partial charge >= 0.3 is 0 Å². The Bertz CT molecular complexity index is 1120. The summed E-state index contributed by atoms with van der Waals surface area (Å²) >= 11 is 5.89. The Balaban J connectivity index is 1.61. The molecule has 0 spiro atoms. The number of methoxy groups -OCH3 is 1. The van der Waals surface area contributed by atoms with Crippen molar-refractivity contribution in [2.24, 2.45) is 0 Å². The molecule has 1 aromatic carbocycles. The molecule has 6 heteroatoms. The maximum Gasteiger partial charge on any atom is 0.174 e. The zero-order chi connectivity index (χ0) is 22.9. The molecule has 2 atom stereocenters. The number of rotatable bonds is 5. The molecule has 2 aliphatic rings. The summed E-state index contributed by atoms with van der Waals surface area (Å²) in [6.45, 7) is 4.53. The van der Waals surface area contributed by atoms with Gasteiger partial charge in [-0.1, -0.05) is 25.3 Å². The number of aryl methyl sites for hydroxylation is 1. The van der Waals surface area contributed by atoms with Gasteiger partial charge in [0, 0.05) is 29.3 Å². The van der Waals surface area contributed by atoms with Crippen LogP contribution in [0.15, 0.2) is 54.7 Å². The molecule has 1 saturated carbocycles. The standard InChI is InChI=1S/C27H32N4OS/c1-18-17-23(19(2)30(18)20-9-5-4-6-10-20)26-25(24-11-7-8-16-28-24)29-27(33)31(26)21-12-14-22(32-3)15-13-21/h7-8,11-17,20,25-26H,4-6,9-10H2,1-3H3,(H,29,33)/t25-,26+/m0/s1. The third-order valence-electron chi connectivity index (χ3n) is 7.23. The fourth-order valence-corrected chi connectivity index (χ4v) is 6.04. The zero-order valence-electron chi connectivity index (χ0n) is 19.6. The fraction of sp³-hybridized carbons (Fsp3) is 0.407. The molecule has 0 bridgehead atoms. The molecule has 1 saturated heterocycles. The summed E-state index contributed by atoms with van der Waals surface area (Å²) in [5.41, 5.74) is 6.05. The molecule has 5 nitrogen and oxygen atoms in total. The van der Waals surface area contributed by atoms with Crippen molar-refractivity contribution in [2.45, 2.75) is 64.1 Å². The van der Waals surface area contributed by atoms with Crippen LogP contribution in [-0.4, -0.2) is 21.8 Å². The first-order valence-corrected chi connectivity index (χ1v) is 12.3. The van der Waals surface area contributed by atoms with Gasteiger partial charge in [0.1, 0.15) is 5.75 Å². The minimum absolute atomic E-state index is 0.0179. The Morgan fingerprint density at radius 1 is 1.03 bits per heavy atom. The number of benzene rings is 1. The van der Waals surface area contributed by atoms with E-state index in [9.17, 15) is 0 Å². The topological polar surface area (TPSA) is 42.3 Å². The molecule has 0 unspecified atom stereocenters. The summed E-state index contributed by atoms with van der Waals surface area (Å²) in [5, 5.41) is 4.31. The number of hydrogen-bond donors (Lipinski definition) is 1. The SMILES string of the molecule is COc1ccc(N2C(=S)N[C@@H](c3ccccn3)[C@H]2c2cc(C)n(C3CCCCC3)c2C)cc1. The minimum Gasteiger partial charge on any atom is -0.497 e. The number of pyridine rings is 1. The van der Waals surface area contributed by atoms with Crippen LogP contribution in [0.3, 0.4) is 0 Å². The Kier molecular flexibility index (Phi) is 6.11. The van der Waals surface area contributed by atoms with Crippen molar-refractivity contribution in [3.63, 3.8) is 0 Å². The van der Waals surface area contributed by atoms with Crippen LogP contribution in [0.5, 0.6) is 5.75 Å². The minimum atomic E-state index is -0.0268. The molecule has 33 heavy (non-hydrogen) atoms. The van der Waals surface area contributed by atoms with Crippen molar-refractivity contribution in [3.05, 3.63) is 77.4 Å². The zero-order valence-corrected chi connectivity index (χ0v) is 20.4. The first-order chi connectivity index (χ1) is 16.1. The summed E-state index contributed by atoms with van der Waals surface area (Å²) in [5.74, 6) is 0.838. The predicted octanol–water partition coefficient (Wildman–Crippen LogP) is 6.19. The molecule has 0 amide bonds. The van der Waals surface area contributed by atoms with Crippen LogP contribution in [0.1, 0.15) is 72.9 Å². The summed E-state index contributed by atoms with van der Waals surface area (Å²) in [4.78, 5) is 6.95. The lowest BCUT2D eigenvalue weighted by Crippen LogP contribution is -2.29. The number of aromatic nitrogens is 2. The number of nitrogens with one attached hydrogen (secondary N) is 1. The van der Waals surface area contributed by atoms with Crippen molar-refractivity contribution in [3.8, 4) is 5.75 Å². The van der Waals surface area contributed by atoms with Crippen LogP contribution in [0.4, 0.5) is 5.69 Å². The van der Waals surface area contributed by atoms with E-state index in [1.807, 2.05) is 30.5 Å². The number of nitrogens with zero attached hydrogens (tertiary/aromatic N) is 3. The van der Waals surface area contributed by atoms with Crippen molar-refractivity contribution < 1.29 is 4.74 Å². The summed E-state index contributed by atoms with van der Waals surface area (Å²) in [6, 6.07) is 17.2. The van der Waals surface area contributed by atoms with Gasteiger partial charge in [0.05, 0.1) is 24.9 Å². The van der Waals surface area contributed by atoms with Crippen molar-refractivity contribution in [1.82, 2.24) is 14.9 Å². The Labute approximate surface area is 201 Å². The first kappa shape index (κ1) is 22.0. The highest BCUT2D eigenvalue weighted by atomic mass is 32.1. The molecular formula is C27H32N4OS. The van der Waals surface area contributed by atoms with Gasteiger partial charge in [-0.25, -0.2) is 0 Å². The summed E-state index contributed by atoms with van der Waals surface area (Å²) < 4.78 is 7.97. The molecule has 1 aliphatic heterocycles. The van der Waals surface area contributed by atoms with Crippen LogP contribution in [0.2, 0.25) is 0 Å². The van der Waals surface area contributed by atoms with E-state index < -0.39 is 0 Å². The largest absolute Gasteiger partial charge is 0.497 e. The smallest absolute Gasteiger partial charge is 0.174 e. The number of anilines is 1. The number of hydrogen-bond acceptors (Lipinski definition) is 3. The molecule has 2 aromatic heterocycles. The molecule has 3 aromatic rings. The highest BCUT2D eigenvalue weighted by molar-refractivity contribution is 7.80. The molecule has 3 heterocycles. The van der Waals surface area contributed by atoms with Gasteiger partial charge in [0.2, 0.25) is 0 Å². The monoisotopic (exact) mass is 460 g/mol. The maximum absolute atomic E-state index is 5.89. The maximum atomic E-state index is 5.89. The third-order valence-corrected chi connectivity index (χ3v) is 7.55. The molecule has 5 rings (SSSR count). The van der Waals surface area contributed by atoms with Gasteiger partial charge in [-0.05, 0) is 86.9 Å². The average Bonchev–Trinajstić information content (AvgIpc) is 3.35. The van der Waals surface area contributed by atoms with Crippen LogP contribution in [-0.2, 0) is 0 Å². The normalized spacial score (nSPS) is 21.3.